The predicted octanol–water partition coefficient (Wildman–Crippen LogP) is 3.04. The Morgan fingerprint density at radius 2 is 2.21 bits per heavy atom. The molecule has 0 saturated heterocycles. The first-order chi connectivity index (χ1) is 11.6. The highest BCUT2D eigenvalue weighted by Crippen LogP contribution is 2.17. The van der Waals surface area contributed by atoms with Crippen LogP contribution in [-0.2, 0) is 21.9 Å². The number of aromatic nitrogens is 2. The molecule has 0 saturated carbocycles. The Kier molecular flexibility index (Phi) is 5.32. The van der Waals surface area contributed by atoms with Crippen LogP contribution in [0.5, 0.6) is 0 Å². The van der Waals surface area contributed by atoms with E-state index in [4.69, 9.17) is 4.74 Å². The molecule has 0 fully saturated rings. The van der Waals surface area contributed by atoms with Crippen LogP contribution in [0.2, 0.25) is 0 Å². The molecule has 5 nitrogen and oxygen atoms in total. The lowest BCUT2D eigenvalue weighted by Crippen LogP contribution is -2.18. The molecule has 0 aliphatic carbocycles. The normalized spacial score (nSPS) is 10.9. The number of pyridine rings is 1. The van der Waals surface area contributed by atoms with Gasteiger partial charge in [-0.15, -0.1) is 23.1 Å². The fourth-order valence-corrected chi connectivity index (χ4v) is 3.92. The summed E-state index contributed by atoms with van der Waals surface area (Å²) in [7, 11) is 0. The number of hydrogen-bond donors (Lipinski definition) is 0. The largest absolute Gasteiger partial charge is 0.459 e. The van der Waals surface area contributed by atoms with E-state index in [2.05, 4.69) is 4.98 Å². The van der Waals surface area contributed by atoms with Crippen molar-refractivity contribution in [1.29, 1.82) is 0 Å². The molecule has 0 N–H and O–H groups in total. The highest BCUT2D eigenvalue weighted by atomic mass is 32.2. The summed E-state index contributed by atoms with van der Waals surface area (Å²) < 4.78 is 6.74. The fourth-order valence-electron chi connectivity index (χ4n) is 2.26. The Labute approximate surface area is 147 Å². The molecule has 124 valence electrons. The number of thiophene rings is 1. The van der Waals surface area contributed by atoms with Crippen LogP contribution in [0.3, 0.4) is 0 Å². The van der Waals surface area contributed by atoms with Gasteiger partial charge >= 0.3 is 5.97 Å². The average Bonchev–Trinajstić information content (AvgIpc) is 3.06. The molecule has 3 aromatic heterocycles. The van der Waals surface area contributed by atoms with E-state index in [9.17, 15) is 9.59 Å². The summed E-state index contributed by atoms with van der Waals surface area (Å²) in [6, 6.07) is 10.9. The minimum Gasteiger partial charge on any atom is -0.459 e. The Morgan fingerprint density at radius 3 is 3.00 bits per heavy atom. The Morgan fingerprint density at radius 1 is 1.33 bits per heavy atom. The van der Waals surface area contributed by atoms with Crippen LogP contribution in [0.1, 0.15) is 16.3 Å². The third-order valence-corrected chi connectivity index (χ3v) is 5.37. The van der Waals surface area contributed by atoms with Crippen molar-refractivity contribution in [1.82, 2.24) is 9.38 Å². The number of rotatable bonds is 6. The van der Waals surface area contributed by atoms with Crippen LogP contribution in [0.15, 0.2) is 46.6 Å². The maximum absolute atomic E-state index is 12.1. The van der Waals surface area contributed by atoms with Gasteiger partial charge in [-0.2, -0.15) is 0 Å². The van der Waals surface area contributed by atoms with Crippen molar-refractivity contribution in [3.8, 4) is 0 Å². The predicted molar refractivity (Wildman–Crippen MR) is 96.5 cm³/mol. The van der Waals surface area contributed by atoms with Gasteiger partial charge in [-0.3, -0.25) is 14.0 Å². The van der Waals surface area contributed by atoms with Crippen molar-refractivity contribution in [3.63, 3.8) is 0 Å². The van der Waals surface area contributed by atoms with Crippen molar-refractivity contribution in [2.45, 2.75) is 19.3 Å². The highest BCUT2D eigenvalue weighted by molar-refractivity contribution is 7.99. The van der Waals surface area contributed by atoms with E-state index >= 15 is 0 Å². The summed E-state index contributed by atoms with van der Waals surface area (Å²) in [4.78, 5) is 29.5. The molecule has 3 rings (SSSR count). The summed E-state index contributed by atoms with van der Waals surface area (Å²) in [5, 5.41) is 2.01. The molecule has 3 aromatic rings. The van der Waals surface area contributed by atoms with E-state index in [1.165, 1.54) is 27.1 Å². The molecule has 0 radical (unpaired) electrons. The lowest BCUT2D eigenvalue weighted by molar-refractivity contribution is -0.141. The number of nitrogens with zero attached hydrogens (tertiary/aromatic N) is 2. The maximum atomic E-state index is 12.1. The summed E-state index contributed by atoms with van der Waals surface area (Å²) in [5.41, 5.74) is 1.66. The van der Waals surface area contributed by atoms with Gasteiger partial charge < -0.3 is 4.74 Å². The van der Waals surface area contributed by atoms with Crippen LogP contribution in [0, 0.1) is 6.92 Å². The zero-order chi connectivity index (χ0) is 16.9. The van der Waals surface area contributed by atoms with Gasteiger partial charge in [0.05, 0.1) is 11.4 Å². The van der Waals surface area contributed by atoms with Crippen molar-refractivity contribution >= 4 is 34.7 Å². The first-order valence-electron chi connectivity index (χ1n) is 7.37. The lowest BCUT2D eigenvalue weighted by Gasteiger charge is -2.07. The molecule has 0 bridgehead atoms. The number of aryl methyl sites for hydroxylation is 1. The molecule has 0 unspecified atom stereocenters. The molecule has 7 heteroatoms. The number of hydrogen-bond acceptors (Lipinski definition) is 6. The van der Waals surface area contributed by atoms with Gasteiger partial charge in [0.15, 0.2) is 0 Å². The minimum absolute atomic E-state index is 0.0120. The molecule has 0 aliphatic heterocycles. The second-order valence-electron chi connectivity index (χ2n) is 5.18. The summed E-state index contributed by atoms with van der Waals surface area (Å²) in [6.07, 6.45) is 0. The van der Waals surface area contributed by atoms with E-state index in [-0.39, 0.29) is 23.9 Å². The summed E-state index contributed by atoms with van der Waals surface area (Å²) in [6.45, 7) is 1.86. The number of carbonyl (C=O) groups excluding carboxylic acids is 1. The summed E-state index contributed by atoms with van der Waals surface area (Å²) in [5.74, 6) is 0.772. The second-order valence-corrected chi connectivity index (χ2v) is 7.20. The van der Waals surface area contributed by atoms with Crippen LogP contribution < -0.4 is 5.56 Å². The quantitative estimate of drug-likeness (QED) is 0.632. The average molecular weight is 360 g/mol. The molecular weight excluding hydrogens is 344 g/mol. The molecule has 0 aromatic carbocycles. The second kappa shape index (κ2) is 7.63. The molecule has 3 heterocycles. The van der Waals surface area contributed by atoms with Gasteiger partial charge in [0, 0.05) is 22.4 Å². The van der Waals surface area contributed by atoms with Crippen molar-refractivity contribution in [2.75, 3.05) is 5.75 Å². The minimum atomic E-state index is -0.303. The molecule has 0 amide bonds. The Balaban J connectivity index is 1.57. The standard InChI is InChI=1S/C17H16N2O3S2/c1-12-4-2-6-15-18-13(8-16(20)19(12)15)9-22-17(21)11-23-10-14-5-3-7-24-14/h2-8H,9-11H2,1H3. The smallest absolute Gasteiger partial charge is 0.316 e. The lowest BCUT2D eigenvalue weighted by atomic mass is 10.3. The molecule has 0 spiro atoms. The maximum Gasteiger partial charge on any atom is 0.316 e. The molecule has 0 aliphatic rings. The van der Waals surface area contributed by atoms with Crippen LogP contribution in [0.4, 0.5) is 0 Å². The third-order valence-electron chi connectivity index (χ3n) is 3.36. The number of ether oxygens (including phenoxy) is 1. The van der Waals surface area contributed by atoms with E-state index in [0.29, 0.717) is 11.3 Å². The van der Waals surface area contributed by atoms with Gasteiger partial charge in [0.1, 0.15) is 12.3 Å². The van der Waals surface area contributed by atoms with E-state index in [1.807, 2.05) is 36.6 Å². The first-order valence-corrected chi connectivity index (χ1v) is 9.41. The number of esters is 1. The van der Waals surface area contributed by atoms with E-state index in [1.54, 1.807) is 17.4 Å². The first kappa shape index (κ1) is 16.7. The van der Waals surface area contributed by atoms with Crippen LogP contribution in [0.25, 0.3) is 5.65 Å². The van der Waals surface area contributed by atoms with Gasteiger partial charge in [0.2, 0.25) is 0 Å². The molecule has 24 heavy (non-hydrogen) atoms. The van der Waals surface area contributed by atoms with Gasteiger partial charge in [-0.25, -0.2) is 4.98 Å². The van der Waals surface area contributed by atoms with Crippen molar-refractivity contribution < 1.29 is 9.53 Å². The van der Waals surface area contributed by atoms with Gasteiger partial charge in [-0.05, 0) is 30.5 Å². The zero-order valence-electron chi connectivity index (χ0n) is 13.1. The summed E-state index contributed by atoms with van der Waals surface area (Å²) >= 11 is 3.18. The number of thioether (sulfide) groups is 1. The molecule has 0 atom stereocenters. The van der Waals surface area contributed by atoms with Gasteiger partial charge in [0.25, 0.3) is 5.56 Å². The zero-order valence-corrected chi connectivity index (χ0v) is 14.7. The fraction of sp³-hybridized carbons (Fsp3) is 0.235. The SMILES string of the molecule is Cc1cccc2nc(COC(=O)CSCc3cccs3)cc(=O)n12. The molecular formula is C17H16N2O3S2. The van der Waals surface area contributed by atoms with Crippen molar-refractivity contribution in [2.24, 2.45) is 0 Å². The van der Waals surface area contributed by atoms with Crippen molar-refractivity contribution in [3.05, 3.63) is 68.4 Å². The van der Waals surface area contributed by atoms with E-state index < -0.39 is 0 Å². The van der Waals surface area contributed by atoms with Crippen LogP contribution >= 0.6 is 23.1 Å². The number of fused-ring (bicyclic) bond motifs is 1. The van der Waals surface area contributed by atoms with E-state index in [0.717, 1.165) is 11.4 Å². The topological polar surface area (TPSA) is 60.7 Å². The van der Waals surface area contributed by atoms with Gasteiger partial charge in [-0.1, -0.05) is 12.1 Å². The monoisotopic (exact) mass is 360 g/mol. The Bertz CT molecular complexity index is 904. The Hall–Kier alpha value is -2.12. The third kappa shape index (κ3) is 4.04. The highest BCUT2D eigenvalue weighted by Gasteiger charge is 2.08. The number of carbonyl (C=O) groups is 1. The van der Waals surface area contributed by atoms with Crippen LogP contribution in [-0.4, -0.2) is 21.1 Å².